The van der Waals surface area contributed by atoms with E-state index in [4.69, 9.17) is 0 Å². The number of rotatable bonds is 6. The van der Waals surface area contributed by atoms with Crippen molar-refractivity contribution in [2.45, 2.75) is 33.6 Å². The van der Waals surface area contributed by atoms with Crippen molar-refractivity contribution in [3.63, 3.8) is 0 Å². The highest BCUT2D eigenvalue weighted by Crippen LogP contribution is 2.18. The van der Waals surface area contributed by atoms with E-state index in [9.17, 15) is 9.59 Å². The van der Waals surface area contributed by atoms with Crippen LogP contribution in [0.5, 0.6) is 0 Å². The Morgan fingerprint density at radius 2 is 1.93 bits per heavy atom. The van der Waals surface area contributed by atoms with Crippen LogP contribution in [0.4, 0.5) is 0 Å². The first kappa shape index (κ1) is 13.9. The molecule has 0 aromatic heterocycles. The van der Waals surface area contributed by atoms with Gasteiger partial charge in [0.25, 0.3) is 0 Å². The van der Waals surface area contributed by atoms with Crippen molar-refractivity contribution in [3.8, 4) is 0 Å². The molecule has 1 atom stereocenters. The van der Waals surface area contributed by atoms with E-state index in [1.54, 1.807) is 0 Å². The van der Waals surface area contributed by atoms with Crippen LogP contribution in [0.15, 0.2) is 0 Å². The molecule has 0 heterocycles. The van der Waals surface area contributed by atoms with E-state index in [0.29, 0.717) is 18.3 Å². The molecule has 4 heteroatoms. The van der Waals surface area contributed by atoms with E-state index in [1.165, 1.54) is 7.11 Å². The lowest BCUT2D eigenvalue weighted by Crippen LogP contribution is -2.32. The van der Waals surface area contributed by atoms with Crippen LogP contribution in [0.1, 0.15) is 33.6 Å². The number of carbonyl (C=O) groups excluding carboxylic acids is 2. The van der Waals surface area contributed by atoms with Gasteiger partial charge in [0.05, 0.1) is 7.11 Å². The van der Waals surface area contributed by atoms with Crippen molar-refractivity contribution in [1.29, 1.82) is 0 Å². The van der Waals surface area contributed by atoms with E-state index in [0.717, 1.165) is 6.42 Å². The molecular formula is C11H21NO3. The maximum atomic E-state index is 11.4. The molecule has 0 rings (SSSR count). The van der Waals surface area contributed by atoms with Crippen LogP contribution in [-0.4, -0.2) is 25.5 Å². The molecule has 15 heavy (non-hydrogen) atoms. The number of hydrogen-bond acceptors (Lipinski definition) is 3. The summed E-state index contributed by atoms with van der Waals surface area (Å²) in [6, 6.07) is 0. The highest BCUT2D eigenvalue weighted by atomic mass is 16.5. The second-order valence-corrected chi connectivity index (χ2v) is 3.97. The Hall–Kier alpha value is -1.06. The van der Waals surface area contributed by atoms with Crippen LogP contribution in [0.3, 0.4) is 0 Å². The maximum Gasteiger partial charge on any atom is 0.325 e. The number of esters is 1. The van der Waals surface area contributed by atoms with E-state index in [1.807, 2.05) is 0 Å². The van der Waals surface area contributed by atoms with Gasteiger partial charge >= 0.3 is 5.97 Å². The van der Waals surface area contributed by atoms with Gasteiger partial charge < -0.3 is 10.1 Å². The first-order valence-electron chi connectivity index (χ1n) is 5.34. The van der Waals surface area contributed by atoms with Gasteiger partial charge in [-0.15, -0.1) is 0 Å². The third-order valence-corrected chi connectivity index (χ3v) is 2.57. The van der Waals surface area contributed by atoms with Crippen molar-refractivity contribution in [2.24, 2.45) is 11.8 Å². The second kappa shape index (κ2) is 7.26. The average Bonchev–Trinajstić information content (AvgIpc) is 2.21. The zero-order chi connectivity index (χ0) is 11.8. The molecule has 0 bridgehead atoms. The number of amides is 1. The summed E-state index contributed by atoms with van der Waals surface area (Å²) in [5, 5.41) is 2.54. The second-order valence-electron chi connectivity index (χ2n) is 3.97. The van der Waals surface area contributed by atoms with Crippen molar-refractivity contribution in [1.82, 2.24) is 5.32 Å². The van der Waals surface area contributed by atoms with Gasteiger partial charge in [0.15, 0.2) is 0 Å². The predicted molar refractivity (Wildman–Crippen MR) is 58.3 cm³/mol. The lowest BCUT2D eigenvalue weighted by atomic mass is 9.90. The lowest BCUT2D eigenvalue weighted by Gasteiger charge is -2.17. The Morgan fingerprint density at radius 3 is 2.33 bits per heavy atom. The summed E-state index contributed by atoms with van der Waals surface area (Å²) in [4.78, 5) is 22.2. The molecular weight excluding hydrogens is 194 g/mol. The van der Waals surface area contributed by atoms with E-state index in [-0.39, 0.29) is 12.5 Å². The van der Waals surface area contributed by atoms with Crippen LogP contribution in [0.25, 0.3) is 0 Å². The van der Waals surface area contributed by atoms with E-state index >= 15 is 0 Å². The highest BCUT2D eigenvalue weighted by Gasteiger charge is 2.15. The van der Waals surface area contributed by atoms with Gasteiger partial charge in [-0.25, -0.2) is 0 Å². The van der Waals surface area contributed by atoms with Crippen molar-refractivity contribution < 1.29 is 14.3 Å². The summed E-state index contributed by atoms with van der Waals surface area (Å²) in [6.07, 6.45) is 1.45. The third-order valence-electron chi connectivity index (χ3n) is 2.57. The molecule has 88 valence electrons. The minimum absolute atomic E-state index is 0.0378. The quantitative estimate of drug-likeness (QED) is 0.680. The Morgan fingerprint density at radius 1 is 1.33 bits per heavy atom. The molecule has 0 fully saturated rings. The molecule has 0 aliphatic rings. The number of hydrogen-bond donors (Lipinski definition) is 1. The normalized spacial score (nSPS) is 12.3. The fourth-order valence-corrected chi connectivity index (χ4v) is 1.40. The minimum atomic E-state index is -0.416. The summed E-state index contributed by atoms with van der Waals surface area (Å²) >= 11 is 0. The highest BCUT2D eigenvalue weighted by molar-refractivity contribution is 5.81. The topological polar surface area (TPSA) is 55.4 Å². The van der Waals surface area contributed by atoms with Crippen LogP contribution in [0, 0.1) is 11.8 Å². The van der Waals surface area contributed by atoms with Gasteiger partial charge in [-0.05, 0) is 11.8 Å². The average molecular weight is 215 g/mol. The van der Waals surface area contributed by atoms with Crippen molar-refractivity contribution >= 4 is 11.9 Å². The summed E-state index contributed by atoms with van der Waals surface area (Å²) < 4.78 is 4.43. The van der Waals surface area contributed by atoms with Crippen LogP contribution < -0.4 is 5.32 Å². The molecule has 1 amide bonds. The Kier molecular flexibility index (Phi) is 6.75. The molecule has 0 radical (unpaired) electrons. The molecule has 0 spiro atoms. The SMILES string of the molecule is CC[C@@H](CC(=O)NCC(=O)OC)C(C)C. The first-order valence-corrected chi connectivity index (χ1v) is 5.34. The summed E-state index contributed by atoms with van der Waals surface area (Å²) in [5.41, 5.74) is 0. The fraction of sp³-hybridized carbons (Fsp3) is 0.818. The Labute approximate surface area is 91.4 Å². The molecule has 0 aromatic carbocycles. The third kappa shape index (κ3) is 6.10. The molecule has 0 unspecified atom stereocenters. The summed E-state index contributed by atoms with van der Waals surface area (Å²) in [6.45, 7) is 6.23. The molecule has 0 aromatic rings. The molecule has 1 N–H and O–H groups in total. The molecule has 0 aliphatic carbocycles. The molecule has 0 saturated carbocycles. The zero-order valence-corrected chi connectivity index (χ0v) is 10.0. The summed E-state index contributed by atoms with van der Waals surface area (Å²) in [5.74, 6) is 0.364. The fourth-order valence-electron chi connectivity index (χ4n) is 1.40. The number of carbonyl (C=O) groups is 2. The standard InChI is InChI=1S/C11H21NO3/c1-5-9(8(2)3)6-10(13)12-7-11(14)15-4/h8-9H,5-7H2,1-4H3,(H,12,13)/t9-/m0/s1. The largest absolute Gasteiger partial charge is 0.468 e. The van der Waals surface area contributed by atoms with Gasteiger partial charge in [0, 0.05) is 6.42 Å². The van der Waals surface area contributed by atoms with Crippen molar-refractivity contribution in [2.75, 3.05) is 13.7 Å². The van der Waals surface area contributed by atoms with Crippen LogP contribution >= 0.6 is 0 Å². The number of ether oxygens (including phenoxy) is 1. The minimum Gasteiger partial charge on any atom is -0.468 e. The Bertz CT molecular complexity index is 214. The lowest BCUT2D eigenvalue weighted by molar-refractivity contribution is -0.141. The van der Waals surface area contributed by atoms with Crippen LogP contribution in [-0.2, 0) is 14.3 Å². The van der Waals surface area contributed by atoms with Crippen LogP contribution in [0.2, 0.25) is 0 Å². The predicted octanol–water partition coefficient (Wildman–Crippen LogP) is 1.35. The first-order chi connectivity index (χ1) is 7.01. The molecule has 0 aliphatic heterocycles. The number of nitrogens with one attached hydrogen (secondary N) is 1. The Balaban J connectivity index is 3.86. The molecule has 0 saturated heterocycles. The monoisotopic (exact) mass is 215 g/mol. The number of methoxy groups -OCH3 is 1. The van der Waals surface area contributed by atoms with Gasteiger partial charge in [0.1, 0.15) is 6.54 Å². The molecule has 4 nitrogen and oxygen atoms in total. The smallest absolute Gasteiger partial charge is 0.325 e. The van der Waals surface area contributed by atoms with Crippen molar-refractivity contribution in [3.05, 3.63) is 0 Å². The van der Waals surface area contributed by atoms with Gasteiger partial charge in [-0.1, -0.05) is 27.2 Å². The maximum absolute atomic E-state index is 11.4. The van der Waals surface area contributed by atoms with Gasteiger partial charge in [-0.3, -0.25) is 9.59 Å². The van der Waals surface area contributed by atoms with Gasteiger partial charge in [-0.2, -0.15) is 0 Å². The van der Waals surface area contributed by atoms with E-state index < -0.39 is 5.97 Å². The van der Waals surface area contributed by atoms with E-state index in [2.05, 4.69) is 30.8 Å². The zero-order valence-electron chi connectivity index (χ0n) is 10.0. The summed E-state index contributed by atoms with van der Waals surface area (Å²) in [7, 11) is 1.30. The van der Waals surface area contributed by atoms with Gasteiger partial charge in [0.2, 0.25) is 5.91 Å².